The standard InChI is InChI=1S/C18H20BrNO/c1-2-20-17(12-13-6-8-15(19)9-7-13)16-5-3-4-14-10-11-21-18(14)16/h3-9,17,20H,2,10-12H2,1H3. The second kappa shape index (κ2) is 6.63. The number of hydrogen-bond donors (Lipinski definition) is 1. The SMILES string of the molecule is CCNC(Cc1ccc(Br)cc1)c1cccc2c1OCC2. The number of hydrogen-bond acceptors (Lipinski definition) is 2. The lowest BCUT2D eigenvalue weighted by atomic mass is 9.96. The van der Waals surface area contributed by atoms with Crippen LogP contribution in [0.3, 0.4) is 0 Å². The first kappa shape index (κ1) is 14.6. The van der Waals surface area contributed by atoms with Crippen LogP contribution in [0.1, 0.15) is 29.7 Å². The normalized spacial score (nSPS) is 14.6. The Hall–Kier alpha value is -1.32. The minimum Gasteiger partial charge on any atom is -0.493 e. The zero-order valence-corrected chi connectivity index (χ0v) is 13.8. The molecule has 0 spiro atoms. The van der Waals surface area contributed by atoms with Crippen molar-refractivity contribution in [3.63, 3.8) is 0 Å². The van der Waals surface area contributed by atoms with Gasteiger partial charge in [-0.3, -0.25) is 0 Å². The van der Waals surface area contributed by atoms with Crippen LogP contribution in [0.5, 0.6) is 5.75 Å². The Bertz CT molecular complexity index is 609. The summed E-state index contributed by atoms with van der Waals surface area (Å²) in [4.78, 5) is 0. The Morgan fingerprint density at radius 3 is 2.76 bits per heavy atom. The summed E-state index contributed by atoms with van der Waals surface area (Å²) < 4.78 is 6.99. The number of ether oxygens (including phenoxy) is 1. The van der Waals surface area contributed by atoms with Gasteiger partial charge in [0.2, 0.25) is 0 Å². The molecule has 2 aromatic carbocycles. The van der Waals surface area contributed by atoms with Crippen molar-refractivity contribution in [2.75, 3.05) is 13.2 Å². The maximum atomic E-state index is 5.87. The summed E-state index contributed by atoms with van der Waals surface area (Å²) in [6.45, 7) is 3.91. The van der Waals surface area contributed by atoms with Gasteiger partial charge in [-0.05, 0) is 36.2 Å². The first-order valence-electron chi connectivity index (χ1n) is 7.50. The van der Waals surface area contributed by atoms with Gasteiger partial charge in [-0.1, -0.05) is 53.2 Å². The topological polar surface area (TPSA) is 21.3 Å². The molecule has 1 unspecified atom stereocenters. The van der Waals surface area contributed by atoms with E-state index in [0.717, 1.165) is 36.2 Å². The van der Waals surface area contributed by atoms with E-state index in [0.29, 0.717) is 6.04 Å². The van der Waals surface area contributed by atoms with Gasteiger partial charge in [-0.2, -0.15) is 0 Å². The minimum atomic E-state index is 0.296. The molecule has 0 saturated carbocycles. The van der Waals surface area contributed by atoms with Crippen LogP contribution in [0.4, 0.5) is 0 Å². The number of para-hydroxylation sites is 1. The fourth-order valence-corrected chi connectivity index (χ4v) is 3.17. The summed E-state index contributed by atoms with van der Waals surface area (Å²) in [6.07, 6.45) is 2.00. The van der Waals surface area contributed by atoms with Gasteiger partial charge in [0.25, 0.3) is 0 Å². The predicted molar refractivity (Wildman–Crippen MR) is 89.9 cm³/mol. The quantitative estimate of drug-likeness (QED) is 0.873. The molecule has 1 N–H and O–H groups in total. The van der Waals surface area contributed by atoms with E-state index in [1.807, 2.05) is 0 Å². The first-order valence-corrected chi connectivity index (χ1v) is 8.29. The van der Waals surface area contributed by atoms with Crippen LogP contribution in [-0.4, -0.2) is 13.2 Å². The van der Waals surface area contributed by atoms with Gasteiger partial charge in [0.1, 0.15) is 5.75 Å². The van der Waals surface area contributed by atoms with E-state index < -0.39 is 0 Å². The molecule has 1 aliphatic heterocycles. The van der Waals surface area contributed by atoms with Crippen molar-refractivity contribution in [3.8, 4) is 5.75 Å². The average Bonchev–Trinajstić information content (AvgIpc) is 2.97. The zero-order valence-electron chi connectivity index (χ0n) is 12.2. The Kier molecular flexibility index (Phi) is 4.61. The van der Waals surface area contributed by atoms with Crippen molar-refractivity contribution in [2.45, 2.75) is 25.8 Å². The van der Waals surface area contributed by atoms with Crippen molar-refractivity contribution in [2.24, 2.45) is 0 Å². The predicted octanol–water partition coefficient (Wildman–Crippen LogP) is 4.28. The van der Waals surface area contributed by atoms with Crippen LogP contribution in [0.25, 0.3) is 0 Å². The largest absolute Gasteiger partial charge is 0.493 e. The molecule has 21 heavy (non-hydrogen) atoms. The first-order chi connectivity index (χ1) is 10.3. The van der Waals surface area contributed by atoms with Crippen LogP contribution in [-0.2, 0) is 12.8 Å². The molecule has 1 heterocycles. The molecule has 0 radical (unpaired) electrons. The van der Waals surface area contributed by atoms with Gasteiger partial charge in [-0.25, -0.2) is 0 Å². The fourth-order valence-electron chi connectivity index (χ4n) is 2.91. The molecule has 1 atom stereocenters. The van der Waals surface area contributed by atoms with Crippen LogP contribution < -0.4 is 10.1 Å². The van der Waals surface area contributed by atoms with Gasteiger partial charge >= 0.3 is 0 Å². The zero-order chi connectivity index (χ0) is 14.7. The summed E-state index contributed by atoms with van der Waals surface area (Å²) in [5.41, 5.74) is 3.96. The Labute approximate surface area is 134 Å². The summed E-state index contributed by atoms with van der Waals surface area (Å²) in [5.74, 6) is 1.10. The lowest BCUT2D eigenvalue weighted by Crippen LogP contribution is -2.23. The van der Waals surface area contributed by atoms with Crippen LogP contribution in [0.15, 0.2) is 46.9 Å². The van der Waals surface area contributed by atoms with E-state index in [2.05, 4.69) is 70.6 Å². The van der Waals surface area contributed by atoms with E-state index in [1.54, 1.807) is 0 Å². The molecule has 110 valence electrons. The average molecular weight is 346 g/mol. The Morgan fingerprint density at radius 1 is 1.19 bits per heavy atom. The number of rotatable bonds is 5. The highest BCUT2D eigenvalue weighted by molar-refractivity contribution is 9.10. The molecule has 3 rings (SSSR count). The van der Waals surface area contributed by atoms with Crippen LogP contribution >= 0.6 is 15.9 Å². The molecule has 0 amide bonds. The molecule has 0 bridgehead atoms. The maximum Gasteiger partial charge on any atom is 0.127 e. The second-order valence-electron chi connectivity index (χ2n) is 5.37. The van der Waals surface area contributed by atoms with Crippen molar-refractivity contribution < 1.29 is 4.74 Å². The van der Waals surface area contributed by atoms with Gasteiger partial charge in [0.15, 0.2) is 0 Å². The number of nitrogens with one attached hydrogen (secondary N) is 1. The number of halogens is 1. The minimum absolute atomic E-state index is 0.296. The van der Waals surface area contributed by atoms with E-state index in [9.17, 15) is 0 Å². The van der Waals surface area contributed by atoms with Gasteiger partial charge < -0.3 is 10.1 Å². The van der Waals surface area contributed by atoms with E-state index >= 15 is 0 Å². The highest BCUT2D eigenvalue weighted by Gasteiger charge is 2.21. The van der Waals surface area contributed by atoms with Crippen molar-refractivity contribution in [3.05, 3.63) is 63.6 Å². The smallest absolute Gasteiger partial charge is 0.127 e. The molecule has 2 aromatic rings. The molecule has 2 nitrogen and oxygen atoms in total. The maximum absolute atomic E-state index is 5.87. The summed E-state index contributed by atoms with van der Waals surface area (Å²) in [6, 6.07) is 15.4. The Balaban J connectivity index is 1.88. The second-order valence-corrected chi connectivity index (χ2v) is 6.29. The Morgan fingerprint density at radius 2 is 2.00 bits per heavy atom. The lowest BCUT2D eigenvalue weighted by Gasteiger charge is -2.21. The van der Waals surface area contributed by atoms with Crippen molar-refractivity contribution in [1.29, 1.82) is 0 Å². The van der Waals surface area contributed by atoms with Crippen LogP contribution in [0.2, 0.25) is 0 Å². The lowest BCUT2D eigenvalue weighted by molar-refractivity contribution is 0.348. The van der Waals surface area contributed by atoms with E-state index in [1.165, 1.54) is 16.7 Å². The molecular formula is C18H20BrNO. The van der Waals surface area contributed by atoms with E-state index in [4.69, 9.17) is 4.74 Å². The molecule has 0 aliphatic carbocycles. The fraction of sp³-hybridized carbons (Fsp3) is 0.333. The van der Waals surface area contributed by atoms with Gasteiger partial charge in [-0.15, -0.1) is 0 Å². The number of likely N-dealkylation sites (N-methyl/N-ethyl adjacent to an activating group) is 1. The molecule has 1 aliphatic rings. The van der Waals surface area contributed by atoms with Crippen molar-refractivity contribution >= 4 is 15.9 Å². The highest BCUT2D eigenvalue weighted by atomic mass is 79.9. The van der Waals surface area contributed by atoms with E-state index in [-0.39, 0.29) is 0 Å². The molecule has 0 saturated heterocycles. The van der Waals surface area contributed by atoms with Gasteiger partial charge in [0, 0.05) is 22.5 Å². The third-order valence-electron chi connectivity index (χ3n) is 3.92. The third-order valence-corrected chi connectivity index (χ3v) is 4.45. The highest BCUT2D eigenvalue weighted by Crippen LogP contribution is 2.34. The number of fused-ring (bicyclic) bond motifs is 1. The van der Waals surface area contributed by atoms with Crippen LogP contribution in [0, 0.1) is 0 Å². The number of benzene rings is 2. The monoisotopic (exact) mass is 345 g/mol. The third kappa shape index (κ3) is 3.30. The van der Waals surface area contributed by atoms with Gasteiger partial charge in [0.05, 0.1) is 6.61 Å². The molecule has 0 fully saturated rings. The summed E-state index contributed by atoms with van der Waals surface area (Å²) >= 11 is 3.49. The summed E-state index contributed by atoms with van der Waals surface area (Å²) in [5, 5.41) is 3.60. The molecule has 0 aromatic heterocycles. The molecule has 3 heteroatoms. The molecular weight excluding hydrogens is 326 g/mol. The van der Waals surface area contributed by atoms with Crippen molar-refractivity contribution in [1.82, 2.24) is 5.32 Å². The summed E-state index contributed by atoms with van der Waals surface area (Å²) in [7, 11) is 0.